The average molecular weight is 290 g/mol. The van der Waals surface area contributed by atoms with Gasteiger partial charge >= 0.3 is 0 Å². The Morgan fingerprint density at radius 1 is 1.48 bits per heavy atom. The summed E-state index contributed by atoms with van der Waals surface area (Å²) in [5, 5.41) is 3.03. The summed E-state index contributed by atoms with van der Waals surface area (Å²) in [4.78, 5) is 13.6. The van der Waals surface area contributed by atoms with Crippen molar-refractivity contribution < 1.29 is 9.53 Å². The van der Waals surface area contributed by atoms with Crippen LogP contribution < -0.4 is 10.1 Å². The molecule has 1 amide bonds. The monoisotopic (exact) mass is 290 g/mol. The zero-order valence-corrected chi connectivity index (χ0v) is 13.3. The van der Waals surface area contributed by atoms with E-state index in [0.29, 0.717) is 0 Å². The molecular formula is C17H26N2O2. The lowest BCUT2D eigenvalue weighted by molar-refractivity contribution is -0.120. The van der Waals surface area contributed by atoms with Crippen molar-refractivity contribution in [2.24, 2.45) is 0 Å². The van der Waals surface area contributed by atoms with Crippen LogP contribution in [0.3, 0.4) is 0 Å². The number of hydrogen-bond acceptors (Lipinski definition) is 3. The van der Waals surface area contributed by atoms with Gasteiger partial charge in [0.15, 0.2) is 0 Å². The third-order valence-corrected chi connectivity index (χ3v) is 3.59. The molecule has 1 aliphatic rings. The van der Waals surface area contributed by atoms with Crippen molar-refractivity contribution in [1.82, 2.24) is 10.2 Å². The van der Waals surface area contributed by atoms with E-state index < -0.39 is 0 Å². The standard InChI is InChI=1S/C17H26N2O2/c1-13(2)21-17-8-4-6-15(10-17)11-19-9-5-7-16(12-19)18-14(3)20/h4,6,8,10,13,16H,5,7,9,11-12H2,1-3H3,(H,18,20)/t16-/m1/s1. The van der Waals surface area contributed by atoms with E-state index in [2.05, 4.69) is 22.3 Å². The van der Waals surface area contributed by atoms with Gasteiger partial charge < -0.3 is 10.1 Å². The molecule has 1 aromatic carbocycles. The number of likely N-dealkylation sites (tertiary alicyclic amines) is 1. The van der Waals surface area contributed by atoms with Crippen LogP contribution in [0.15, 0.2) is 24.3 Å². The second-order valence-corrected chi connectivity index (χ2v) is 6.09. The molecule has 2 rings (SSSR count). The molecule has 1 aromatic rings. The van der Waals surface area contributed by atoms with Crippen LogP contribution in [-0.2, 0) is 11.3 Å². The van der Waals surface area contributed by atoms with Gasteiger partial charge in [-0.3, -0.25) is 9.69 Å². The van der Waals surface area contributed by atoms with Gasteiger partial charge in [-0.2, -0.15) is 0 Å². The minimum Gasteiger partial charge on any atom is -0.491 e. The molecule has 1 atom stereocenters. The fourth-order valence-corrected chi connectivity index (χ4v) is 2.85. The molecule has 21 heavy (non-hydrogen) atoms. The highest BCUT2D eigenvalue weighted by Gasteiger charge is 2.20. The summed E-state index contributed by atoms with van der Waals surface area (Å²) in [6.07, 6.45) is 2.40. The maximum absolute atomic E-state index is 11.2. The van der Waals surface area contributed by atoms with Gasteiger partial charge in [0.2, 0.25) is 5.91 Å². The van der Waals surface area contributed by atoms with E-state index in [-0.39, 0.29) is 18.1 Å². The smallest absolute Gasteiger partial charge is 0.217 e. The van der Waals surface area contributed by atoms with Gasteiger partial charge in [-0.05, 0) is 50.9 Å². The molecule has 1 N–H and O–H groups in total. The van der Waals surface area contributed by atoms with Crippen molar-refractivity contribution in [3.8, 4) is 5.75 Å². The summed E-state index contributed by atoms with van der Waals surface area (Å²) in [5.74, 6) is 0.993. The number of carbonyl (C=O) groups is 1. The Hall–Kier alpha value is -1.55. The average Bonchev–Trinajstić information content (AvgIpc) is 2.37. The lowest BCUT2D eigenvalue weighted by atomic mass is 10.0. The number of ether oxygens (including phenoxy) is 1. The Balaban J connectivity index is 1.93. The molecule has 0 bridgehead atoms. The van der Waals surface area contributed by atoms with E-state index in [1.54, 1.807) is 6.92 Å². The van der Waals surface area contributed by atoms with Gasteiger partial charge in [-0.15, -0.1) is 0 Å². The lowest BCUT2D eigenvalue weighted by Crippen LogP contribution is -2.46. The first-order chi connectivity index (χ1) is 10.0. The Bertz CT molecular complexity index is 474. The first-order valence-electron chi connectivity index (χ1n) is 7.78. The molecular weight excluding hydrogens is 264 g/mol. The third-order valence-electron chi connectivity index (χ3n) is 3.59. The Morgan fingerprint density at radius 2 is 2.29 bits per heavy atom. The highest BCUT2D eigenvalue weighted by molar-refractivity contribution is 5.73. The largest absolute Gasteiger partial charge is 0.491 e. The van der Waals surface area contributed by atoms with Gasteiger partial charge in [0.1, 0.15) is 5.75 Å². The molecule has 1 aliphatic heterocycles. The molecule has 0 unspecified atom stereocenters. The molecule has 1 saturated heterocycles. The van der Waals surface area contributed by atoms with Crippen molar-refractivity contribution in [1.29, 1.82) is 0 Å². The number of benzene rings is 1. The van der Waals surface area contributed by atoms with Gasteiger partial charge in [0, 0.05) is 26.1 Å². The second-order valence-electron chi connectivity index (χ2n) is 6.09. The minimum atomic E-state index is 0.0641. The van der Waals surface area contributed by atoms with Gasteiger partial charge in [0.25, 0.3) is 0 Å². The molecule has 0 spiro atoms. The maximum atomic E-state index is 11.2. The molecule has 0 aliphatic carbocycles. The molecule has 4 heteroatoms. The van der Waals surface area contributed by atoms with E-state index >= 15 is 0 Å². The van der Waals surface area contributed by atoms with Crippen LogP contribution in [0.4, 0.5) is 0 Å². The summed E-state index contributed by atoms with van der Waals surface area (Å²) < 4.78 is 5.74. The summed E-state index contributed by atoms with van der Waals surface area (Å²) in [5.41, 5.74) is 1.26. The number of nitrogens with one attached hydrogen (secondary N) is 1. The van der Waals surface area contributed by atoms with Crippen molar-refractivity contribution >= 4 is 5.91 Å². The summed E-state index contributed by atoms with van der Waals surface area (Å²) in [6.45, 7) is 8.59. The third kappa shape index (κ3) is 5.38. The molecule has 0 aromatic heterocycles. The second kappa shape index (κ2) is 7.46. The van der Waals surface area contributed by atoms with Crippen molar-refractivity contribution in [3.63, 3.8) is 0 Å². The van der Waals surface area contributed by atoms with E-state index in [0.717, 1.165) is 38.2 Å². The van der Waals surface area contributed by atoms with Crippen molar-refractivity contribution in [2.45, 2.75) is 52.3 Å². The Morgan fingerprint density at radius 3 is 3.00 bits per heavy atom. The van der Waals surface area contributed by atoms with Crippen LogP contribution >= 0.6 is 0 Å². The molecule has 0 radical (unpaired) electrons. The van der Waals surface area contributed by atoms with E-state index in [9.17, 15) is 4.79 Å². The molecule has 116 valence electrons. The predicted octanol–water partition coefficient (Wildman–Crippen LogP) is 2.57. The summed E-state index contributed by atoms with van der Waals surface area (Å²) >= 11 is 0. The number of piperidine rings is 1. The van der Waals surface area contributed by atoms with Crippen LogP contribution in [0.25, 0.3) is 0 Å². The fourth-order valence-electron chi connectivity index (χ4n) is 2.85. The Labute approximate surface area is 127 Å². The SMILES string of the molecule is CC(=O)N[C@@H]1CCCN(Cc2cccc(OC(C)C)c2)C1. The number of nitrogens with zero attached hydrogens (tertiary/aromatic N) is 1. The zero-order chi connectivity index (χ0) is 15.2. The van der Waals surface area contributed by atoms with E-state index in [1.807, 2.05) is 26.0 Å². The van der Waals surface area contributed by atoms with Crippen LogP contribution in [0.1, 0.15) is 39.2 Å². The van der Waals surface area contributed by atoms with Crippen molar-refractivity contribution in [2.75, 3.05) is 13.1 Å². The first-order valence-corrected chi connectivity index (χ1v) is 7.78. The maximum Gasteiger partial charge on any atom is 0.217 e. The number of carbonyl (C=O) groups excluding carboxylic acids is 1. The summed E-state index contributed by atoms with van der Waals surface area (Å²) in [7, 11) is 0. The molecule has 4 nitrogen and oxygen atoms in total. The lowest BCUT2D eigenvalue weighted by Gasteiger charge is -2.33. The van der Waals surface area contributed by atoms with Gasteiger partial charge in [-0.25, -0.2) is 0 Å². The quantitative estimate of drug-likeness (QED) is 0.906. The van der Waals surface area contributed by atoms with Crippen LogP contribution in [0, 0.1) is 0 Å². The number of hydrogen-bond donors (Lipinski definition) is 1. The van der Waals surface area contributed by atoms with Crippen molar-refractivity contribution in [3.05, 3.63) is 29.8 Å². The first kappa shape index (κ1) is 15.8. The van der Waals surface area contributed by atoms with E-state index in [1.165, 1.54) is 5.56 Å². The van der Waals surface area contributed by atoms with Crippen LogP contribution in [0.5, 0.6) is 5.75 Å². The molecule has 0 saturated carbocycles. The predicted molar refractivity (Wildman–Crippen MR) is 84.3 cm³/mol. The van der Waals surface area contributed by atoms with Gasteiger partial charge in [-0.1, -0.05) is 12.1 Å². The summed E-state index contributed by atoms with van der Waals surface area (Å²) in [6, 6.07) is 8.57. The zero-order valence-electron chi connectivity index (χ0n) is 13.3. The van der Waals surface area contributed by atoms with Gasteiger partial charge in [0.05, 0.1) is 6.10 Å². The number of rotatable bonds is 5. The number of amides is 1. The molecule has 1 heterocycles. The topological polar surface area (TPSA) is 41.6 Å². The highest BCUT2D eigenvalue weighted by atomic mass is 16.5. The van der Waals surface area contributed by atoms with E-state index in [4.69, 9.17) is 4.74 Å². The van der Waals surface area contributed by atoms with Crippen LogP contribution in [-0.4, -0.2) is 36.0 Å². The fraction of sp³-hybridized carbons (Fsp3) is 0.588. The minimum absolute atomic E-state index is 0.0641. The van der Waals surface area contributed by atoms with Crippen LogP contribution in [0.2, 0.25) is 0 Å². The highest BCUT2D eigenvalue weighted by Crippen LogP contribution is 2.18. The normalized spacial score (nSPS) is 19.5. The Kier molecular flexibility index (Phi) is 5.62. The molecule has 1 fully saturated rings.